The number of alkyl halides is 1. The van der Waals surface area contributed by atoms with Crippen LogP contribution in [0, 0.1) is 0 Å². The van der Waals surface area contributed by atoms with Gasteiger partial charge >= 0.3 is 0 Å². The lowest BCUT2D eigenvalue weighted by Gasteiger charge is -2.15. The van der Waals surface area contributed by atoms with Gasteiger partial charge in [-0.05, 0) is 24.1 Å². The molecule has 3 heteroatoms. The van der Waals surface area contributed by atoms with Gasteiger partial charge < -0.3 is 9.47 Å². The first-order valence-electron chi connectivity index (χ1n) is 6.15. The molecule has 19 heavy (non-hydrogen) atoms. The van der Waals surface area contributed by atoms with Gasteiger partial charge in [-0.25, -0.2) is 0 Å². The topological polar surface area (TPSA) is 18.5 Å². The summed E-state index contributed by atoms with van der Waals surface area (Å²) in [6.07, 6.45) is 0.852. The van der Waals surface area contributed by atoms with E-state index in [1.54, 1.807) is 14.2 Å². The molecule has 0 N–H and O–H groups in total. The number of halogens is 1. The Bertz CT molecular complexity index is 540. The first kappa shape index (κ1) is 13.9. The molecule has 2 rings (SSSR count). The van der Waals surface area contributed by atoms with Crippen molar-refractivity contribution in [3.8, 4) is 11.5 Å². The second-order valence-corrected chi connectivity index (χ2v) is 5.33. The van der Waals surface area contributed by atoms with E-state index < -0.39 is 0 Å². The average Bonchev–Trinajstić information content (AvgIpc) is 2.47. The number of rotatable bonds is 5. The van der Waals surface area contributed by atoms with E-state index in [0.717, 1.165) is 23.5 Å². The van der Waals surface area contributed by atoms with Crippen molar-refractivity contribution in [2.24, 2.45) is 0 Å². The molecular formula is C16H17BrO2. The molecule has 2 nitrogen and oxygen atoms in total. The monoisotopic (exact) mass is 320 g/mol. The minimum atomic E-state index is 0.194. The summed E-state index contributed by atoms with van der Waals surface area (Å²) in [5.41, 5.74) is 2.33. The lowest BCUT2D eigenvalue weighted by Crippen LogP contribution is -2.00. The Morgan fingerprint density at radius 2 is 1.47 bits per heavy atom. The molecule has 0 aliphatic rings. The molecule has 0 spiro atoms. The molecule has 2 aromatic carbocycles. The SMILES string of the molecule is COc1ccccc1CC(Br)c1ccccc1OC. The van der Waals surface area contributed by atoms with Gasteiger partial charge in [0.25, 0.3) is 0 Å². The van der Waals surface area contributed by atoms with Crippen LogP contribution in [0.1, 0.15) is 16.0 Å². The van der Waals surface area contributed by atoms with Crippen molar-refractivity contribution < 1.29 is 9.47 Å². The highest BCUT2D eigenvalue weighted by Gasteiger charge is 2.15. The van der Waals surface area contributed by atoms with Gasteiger partial charge in [0.05, 0.1) is 14.2 Å². The van der Waals surface area contributed by atoms with E-state index in [4.69, 9.17) is 9.47 Å². The van der Waals surface area contributed by atoms with E-state index in [-0.39, 0.29) is 4.83 Å². The summed E-state index contributed by atoms with van der Waals surface area (Å²) in [4.78, 5) is 0.194. The van der Waals surface area contributed by atoms with Crippen LogP contribution in [-0.2, 0) is 6.42 Å². The minimum Gasteiger partial charge on any atom is -0.496 e. The summed E-state index contributed by atoms with van der Waals surface area (Å²) in [6, 6.07) is 16.1. The van der Waals surface area contributed by atoms with Crippen molar-refractivity contribution in [3.05, 3.63) is 59.7 Å². The van der Waals surface area contributed by atoms with Crippen LogP contribution in [0.2, 0.25) is 0 Å². The fourth-order valence-electron chi connectivity index (χ4n) is 2.10. The molecule has 0 radical (unpaired) electrons. The molecule has 0 aliphatic heterocycles. The lowest BCUT2D eigenvalue weighted by molar-refractivity contribution is 0.405. The standard InChI is InChI=1S/C16H17BrO2/c1-18-15-9-5-3-7-12(15)11-14(17)13-8-4-6-10-16(13)19-2/h3-10,14H,11H2,1-2H3. The number of hydrogen-bond acceptors (Lipinski definition) is 2. The van der Waals surface area contributed by atoms with Crippen LogP contribution in [0.5, 0.6) is 11.5 Å². The summed E-state index contributed by atoms with van der Waals surface area (Å²) >= 11 is 3.74. The zero-order chi connectivity index (χ0) is 13.7. The number of para-hydroxylation sites is 2. The van der Waals surface area contributed by atoms with Crippen molar-refractivity contribution in [2.75, 3.05) is 14.2 Å². The van der Waals surface area contributed by atoms with Gasteiger partial charge in [0.15, 0.2) is 0 Å². The Labute approximate surface area is 122 Å². The van der Waals surface area contributed by atoms with E-state index in [1.807, 2.05) is 36.4 Å². The van der Waals surface area contributed by atoms with Crippen LogP contribution in [0.15, 0.2) is 48.5 Å². The fraction of sp³-hybridized carbons (Fsp3) is 0.250. The van der Waals surface area contributed by atoms with Crippen molar-refractivity contribution in [1.29, 1.82) is 0 Å². The van der Waals surface area contributed by atoms with Gasteiger partial charge in [0, 0.05) is 10.4 Å². The van der Waals surface area contributed by atoms with E-state index in [1.165, 1.54) is 5.56 Å². The first-order valence-corrected chi connectivity index (χ1v) is 7.06. The summed E-state index contributed by atoms with van der Waals surface area (Å²) in [6.45, 7) is 0. The third-order valence-corrected chi connectivity index (χ3v) is 3.89. The molecule has 0 saturated heterocycles. The first-order chi connectivity index (χ1) is 9.26. The predicted octanol–water partition coefficient (Wildman–Crippen LogP) is 4.38. The van der Waals surface area contributed by atoms with Gasteiger partial charge in [-0.3, -0.25) is 0 Å². The van der Waals surface area contributed by atoms with Gasteiger partial charge in [0.2, 0.25) is 0 Å². The van der Waals surface area contributed by atoms with Crippen molar-refractivity contribution in [1.82, 2.24) is 0 Å². The van der Waals surface area contributed by atoms with Crippen LogP contribution in [-0.4, -0.2) is 14.2 Å². The summed E-state index contributed by atoms with van der Waals surface area (Å²) < 4.78 is 10.8. The Hall–Kier alpha value is -1.48. The summed E-state index contributed by atoms with van der Waals surface area (Å²) in [7, 11) is 3.40. The Balaban J connectivity index is 2.23. The van der Waals surface area contributed by atoms with E-state index in [0.29, 0.717) is 0 Å². The van der Waals surface area contributed by atoms with Crippen molar-refractivity contribution in [3.63, 3.8) is 0 Å². The largest absolute Gasteiger partial charge is 0.496 e. The van der Waals surface area contributed by atoms with Gasteiger partial charge in [-0.1, -0.05) is 52.3 Å². The number of methoxy groups -OCH3 is 2. The van der Waals surface area contributed by atoms with E-state index in [9.17, 15) is 0 Å². The Morgan fingerprint density at radius 1 is 0.895 bits per heavy atom. The minimum absolute atomic E-state index is 0.194. The molecule has 0 aliphatic carbocycles. The van der Waals surface area contributed by atoms with Crippen LogP contribution in [0.25, 0.3) is 0 Å². The molecule has 0 aromatic heterocycles. The zero-order valence-electron chi connectivity index (χ0n) is 11.1. The molecule has 1 atom stereocenters. The molecule has 0 fully saturated rings. The zero-order valence-corrected chi connectivity index (χ0v) is 12.7. The molecule has 0 heterocycles. The maximum Gasteiger partial charge on any atom is 0.123 e. The third-order valence-electron chi connectivity index (χ3n) is 3.07. The van der Waals surface area contributed by atoms with Crippen LogP contribution in [0.4, 0.5) is 0 Å². The molecule has 0 amide bonds. The van der Waals surface area contributed by atoms with Crippen LogP contribution < -0.4 is 9.47 Å². The number of ether oxygens (including phenoxy) is 2. The van der Waals surface area contributed by atoms with Crippen LogP contribution >= 0.6 is 15.9 Å². The van der Waals surface area contributed by atoms with Crippen LogP contribution in [0.3, 0.4) is 0 Å². The highest BCUT2D eigenvalue weighted by Crippen LogP contribution is 2.35. The normalized spacial score (nSPS) is 11.9. The van der Waals surface area contributed by atoms with E-state index >= 15 is 0 Å². The predicted molar refractivity (Wildman–Crippen MR) is 81.4 cm³/mol. The Morgan fingerprint density at radius 3 is 2.16 bits per heavy atom. The van der Waals surface area contributed by atoms with Gasteiger partial charge in [-0.15, -0.1) is 0 Å². The maximum absolute atomic E-state index is 5.40. The second-order valence-electron chi connectivity index (χ2n) is 4.23. The number of benzene rings is 2. The smallest absolute Gasteiger partial charge is 0.123 e. The molecule has 1 unspecified atom stereocenters. The summed E-state index contributed by atoms with van der Waals surface area (Å²) in [5.74, 6) is 1.82. The highest BCUT2D eigenvalue weighted by molar-refractivity contribution is 9.09. The molecule has 0 bridgehead atoms. The van der Waals surface area contributed by atoms with Crippen molar-refractivity contribution in [2.45, 2.75) is 11.2 Å². The lowest BCUT2D eigenvalue weighted by atomic mass is 10.0. The highest BCUT2D eigenvalue weighted by atomic mass is 79.9. The van der Waals surface area contributed by atoms with Gasteiger partial charge in [0.1, 0.15) is 11.5 Å². The molecule has 0 saturated carbocycles. The molecule has 2 aromatic rings. The number of hydrogen-bond donors (Lipinski definition) is 0. The van der Waals surface area contributed by atoms with Crippen molar-refractivity contribution >= 4 is 15.9 Å². The van der Waals surface area contributed by atoms with E-state index in [2.05, 4.69) is 28.1 Å². The molecular weight excluding hydrogens is 304 g/mol. The van der Waals surface area contributed by atoms with Gasteiger partial charge in [-0.2, -0.15) is 0 Å². The molecule has 100 valence electrons. The third kappa shape index (κ3) is 3.29. The summed E-state index contributed by atoms with van der Waals surface area (Å²) in [5, 5.41) is 0. The second kappa shape index (κ2) is 6.62. The Kier molecular flexibility index (Phi) is 4.86. The maximum atomic E-state index is 5.40. The average molecular weight is 321 g/mol. The fourth-order valence-corrected chi connectivity index (χ4v) is 2.83. The quantitative estimate of drug-likeness (QED) is 0.761.